The topological polar surface area (TPSA) is 30.7 Å². The van der Waals surface area contributed by atoms with Gasteiger partial charge in [0.1, 0.15) is 0 Å². The molecule has 0 atom stereocenters. The lowest BCUT2D eigenvalue weighted by Gasteiger charge is -2.04. The van der Waals surface area contributed by atoms with Gasteiger partial charge in [-0.2, -0.15) is 0 Å². The van der Waals surface area contributed by atoms with Crippen molar-refractivity contribution in [3.8, 4) is 0 Å². The molecule has 2 aromatic heterocycles. The zero-order chi connectivity index (χ0) is 11.3. The van der Waals surface area contributed by atoms with Gasteiger partial charge in [0, 0.05) is 18.1 Å². The van der Waals surface area contributed by atoms with E-state index in [4.69, 9.17) is 0 Å². The fourth-order valence-corrected chi connectivity index (χ4v) is 2.04. The third-order valence-corrected chi connectivity index (χ3v) is 3.13. The summed E-state index contributed by atoms with van der Waals surface area (Å²) in [6, 6.07) is 6.31. The van der Waals surface area contributed by atoms with Crippen LogP contribution in [0.2, 0.25) is 0 Å². The summed E-state index contributed by atoms with van der Waals surface area (Å²) in [5.74, 6) is 0. The number of hydrogen-bond acceptors (Lipinski definition) is 2. The largest absolute Gasteiger partial charge is 0.334 e. The van der Waals surface area contributed by atoms with Crippen molar-refractivity contribution in [2.75, 3.05) is 0 Å². The van der Waals surface area contributed by atoms with Gasteiger partial charge in [0.15, 0.2) is 0 Å². The number of fused-ring (bicyclic) bond motifs is 3. The molecule has 0 spiro atoms. The third kappa shape index (κ3) is 1.14. The SMILES string of the molecule is Cc1cc2c(ccc3c2ncn3C)nc1C. The lowest BCUT2D eigenvalue weighted by Crippen LogP contribution is -1.90. The van der Waals surface area contributed by atoms with Gasteiger partial charge < -0.3 is 4.57 Å². The molecule has 3 heteroatoms. The highest BCUT2D eigenvalue weighted by atomic mass is 15.0. The van der Waals surface area contributed by atoms with Gasteiger partial charge in [-0.3, -0.25) is 4.98 Å². The number of rotatable bonds is 0. The average Bonchev–Trinajstić information content (AvgIpc) is 2.63. The number of aromatic nitrogens is 3. The van der Waals surface area contributed by atoms with Crippen LogP contribution < -0.4 is 0 Å². The van der Waals surface area contributed by atoms with Gasteiger partial charge >= 0.3 is 0 Å². The Bertz CT molecular complexity index is 695. The first-order valence-corrected chi connectivity index (χ1v) is 5.35. The Labute approximate surface area is 93.7 Å². The summed E-state index contributed by atoms with van der Waals surface area (Å²) in [5.41, 5.74) is 5.51. The van der Waals surface area contributed by atoms with Crippen LogP contribution in [-0.4, -0.2) is 14.5 Å². The highest BCUT2D eigenvalue weighted by Gasteiger charge is 2.07. The molecule has 0 aliphatic heterocycles. The van der Waals surface area contributed by atoms with Gasteiger partial charge in [-0.15, -0.1) is 0 Å². The van der Waals surface area contributed by atoms with Crippen LogP contribution in [0.1, 0.15) is 11.3 Å². The van der Waals surface area contributed by atoms with Crippen LogP contribution in [0, 0.1) is 13.8 Å². The van der Waals surface area contributed by atoms with E-state index in [-0.39, 0.29) is 0 Å². The molecule has 80 valence electrons. The lowest BCUT2D eigenvalue weighted by atomic mass is 10.1. The van der Waals surface area contributed by atoms with Crippen molar-refractivity contribution < 1.29 is 0 Å². The van der Waals surface area contributed by atoms with E-state index >= 15 is 0 Å². The van der Waals surface area contributed by atoms with Crippen molar-refractivity contribution in [2.24, 2.45) is 7.05 Å². The third-order valence-electron chi connectivity index (χ3n) is 3.13. The Morgan fingerprint density at radius 2 is 2.00 bits per heavy atom. The van der Waals surface area contributed by atoms with E-state index in [9.17, 15) is 0 Å². The second-order valence-electron chi connectivity index (χ2n) is 4.25. The molecule has 0 saturated heterocycles. The number of pyridine rings is 1. The Kier molecular flexibility index (Phi) is 1.78. The summed E-state index contributed by atoms with van der Waals surface area (Å²) in [7, 11) is 2.01. The van der Waals surface area contributed by atoms with E-state index in [1.807, 2.05) is 24.9 Å². The Morgan fingerprint density at radius 1 is 1.19 bits per heavy atom. The van der Waals surface area contributed by atoms with Gasteiger partial charge in [-0.25, -0.2) is 4.98 Å². The molecular formula is C13H13N3. The smallest absolute Gasteiger partial charge is 0.0978 e. The number of hydrogen-bond donors (Lipinski definition) is 0. The van der Waals surface area contributed by atoms with E-state index in [0.29, 0.717) is 0 Å². The fraction of sp³-hybridized carbons (Fsp3) is 0.231. The molecule has 2 heterocycles. The average molecular weight is 211 g/mol. The molecule has 16 heavy (non-hydrogen) atoms. The van der Waals surface area contributed by atoms with Crippen molar-refractivity contribution >= 4 is 21.9 Å². The van der Waals surface area contributed by atoms with Gasteiger partial charge in [-0.05, 0) is 37.6 Å². The maximum atomic E-state index is 4.59. The fourth-order valence-electron chi connectivity index (χ4n) is 2.04. The van der Waals surface area contributed by atoms with E-state index < -0.39 is 0 Å². The molecule has 3 nitrogen and oxygen atoms in total. The van der Waals surface area contributed by atoms with E-state index in [2.05, 4.69) is 35.1 Å². The summed E-state index contributed by atoms with van der Waals surface area (Å²) < 4.78 is 2.03. The molecule has 0 saturated carbocycles. The lowest BCUT2D eigenvalue weighted by molar-refractivity contribution is 0.948. The van der Waals surface area contributed by atoms with Gasteiger partial charge in [0.2, 0.25) is 0 Å². The normalized spacial score (nSPS) is 11.4. The highest BCUT2D eigenvalue weighted by molar-refractivity contribution is 6.02. The quantitative estimate of drug-likeness (QED) is 0.572. The van der Waals surface area contributed by atoms with Crippen molar-refractivity contribution in [2.45, 2.75) is 13.8 Å². The highest BCUT2D eigenvalue weighted by Crippen LogP contribution is 2.24. The van der Waals surface area contributed by atoms with Crippen molar-refractivity contribution in [3.05, 3.63) is 35.8 Å². The summed E-state index contributed by atoms with van der Waals surface area (Å²) >= 11 is 0. The van der Waals surface area contributed by atoms with E-state index in [1.54, 1.807) is 0 Å². The first-order chi connectivity index (χ1) is 7.66. The standard InChI is InChI=1S/C13H13N3/c1-8-6-10-11(15-9(8)2)4-5-12-13(10)14-7-16(12)3/h4-7H,1-3H3. The molecule has 0 N–H and O–H groups in total. The zero-order valence-corrected chi connectivity index (χ0v) is 9.65. The molecule has 3 rings (SSSR count). The number of imidazole rings is 1. The molecule has 0 bridgehead atoms. The van der Waals surface area contributed by atoms with Crippen LogP contribution in [0.25, 0.3) is 21.9 Å². The Morgan fingerprint density at radius 3 is 2.81 bits per heavy atom. The van der Waals surface area contributed by atoms with Crippen molar-refractivity contribution in [1.82, 2.24) is 14.5 Å². The van der Waals surface area contributed by atoms with Gasteiger partial charge in [0.05, 0.1) is 22.9 Å². The maximum Gasteiger partial charge on any atom is 0.0978 e. The van der Waals surface area contributed by atoms with Crippen molar-refractivity contribution in [3.63, 3.8) is 0 Å². The Balaban J connectivity index is 2.55. The van der Waals surface area contributed by atoms with Crippen LogP contribution in [0.4, 0.5) is 0 Å². The minimum atomic E-state index is 1.02. The molecular weight excluding hydrogens is 198 g/mol. The van der Waals surface area contributed by atoms with Crippen LogP contribution in [-0.2, 0) is 7.05 Å². The molecule has 0 aliphatic carbocycles. The van der Waals surface area contributed by atoms with Crippen LogP contribution in [0.3, 0.4) is 0 Å². The van der Waals surface area contributed by atoms with E-state index in [0.717, 1.165) is 27.6 Å². The van der Waals surface area contributed by atoms with Gasteiger partial charge in [-0.1, -0.05) is 0 Å². The minimum absolute atomic E-state index is 1.02. The summed E-state index contributed by atoms with van der Waals surface area (Å²) in [6.45, 7) is 4.13. The summed E-state index contributed by atoms with van der Waals surface area (Å²) in [5, 5.41) is 1.14. The number of nitrogens with zero attached hydrogens (tertiary/aromatic N) is 3. The first-order valence-electron chi connectivity index (χ1n) is 5.35. The second kappa shape index (κ2) is 3.04. The first kappa shape index (κ1) is 9.33. The minimum Gasteiger partial charge on any atom is -0.334 e. The van der Waals surface area contributed by atoms with Gasteiger partial charge in [0.25, 0.3) is 0 Å². The van der Waals surface area contributed by atoms with Crippen LogP contribution in [0.15, 0.2) is 24.5 Å². The zero-order valence-electron chi connectivity index (χ0n) is 9.65. The van der Waals surface area contributed by atoms with Crippen LogP contribution >= 0.6 is 0 Å². The molecule has 0 amide bonds. The Hall–Kier alpha value is -1.90. The molecule has 0 unspecified atom stereocenters. The molecule has 0 radical (unpaired) electrons. The molecule has 0 fully saturated rings. The summed E-state index contributed by atoms with van der Waals surface area (Å²) in [4.78, 5) is 9.03. The maximum absolute atomic E-state index is 4.59. The second-order valence-corrected chi connectivity index (χ2v) is 4.25. The van der Waals surface area contributed by atoms with Crippen molar-refractivity contribution in [1.29, 1.82) is 0 Å². The predicted molar refractivity (Wildman–Crippen MR) is 65.5 cm³/mol. The number of benzene rings is 1. The number of aryl methyl sites for hydroxylation is 3. The monoisotopic (exact) mass is 211 g/mol. The molecule has 1 aromatic carbocycles. The predicted octanol–water partition coefficient (Wildman–Crippen LogP) is 2.74. The summed E-state index contributed by atoms with van der Waals surface area (Å²) in [6.07, 6.45) is 1.85. The van der Waals surface area contributed by atoms with E-state index in [1.165, 1.54) is 5.56 Å². The van der Waals surface area contributed by atoms with Crippen LogP contribution in [0.5, 0.6) is 0 Å². The molecule has 3 aromatic rings. The molecule has 0 aliphatic rings.